The van der Waals surface area contributed by atoms with Crippen molar-refractivity contribution in [2.45, 2.75) is 13.0 Å². The maximum atomic E-state index is 10.1. The number of aryl methyl sites for hydroxylation is 3. The number of hydrogen-bond donors (Lipinski definition) is 3. The van der Waals surface area contributed by atoms with E-state index in [0.717, 1.165) is 27.9 Å². The first kappa shape index (κ1) is 19.6. The molecule has 154 valence electrons. The fourth-order valence-corrected chi connectivity index (χ4v) is 3.17. The average Bonchev–Trinajstić information content (AvgIpc) is 3.36. The van der Waals surface area contributed by atoms with E-state index >= 15 is 0 Å². The molecule has 0 saturated heterocycles. The number of aromatic nitrogens is 6. The number of benzene rings is 1. The van der Waals surface area contributed by atoms with Crippen molar-refractivity contribution in [1.82, 2.24) is 29.5 Å². The van der Waals surface area contributed by atoms with Crippen molar-refractivity contribution in [3.8, 4) is 11.1 Å². The van der Waals surface area contributed by atoms with Crippen molar-refractivity contribution in [2.75, 3.05) is 17.2 Å². The molecule has 0 saturated carbocycles. The number of nitrogens with zero attached hydrogens (tertiary/aromatic N) is 6. The van der Waals surface area contributed by atoms with Crippen LogP contribution in [0.25, 0.3) is 11.1 Å². The molecule has 4 rings (SSSR count). The summed E-state index contributed by atoms with van der Waals surface area (Å²) in [5.74, 6) is 1.11. The van der Waals surface area contributed by atoms with Gasteiger partial charge >= 0.3 is 0 Å². The number of rotatable bonds is 7. The Morgan fingerprint density at radius 3 is 2.53 bits per heavy atom. The standard InChI is InChI=1S/C21H24N8O/c1-14-8-22-21(25-18-10-24-29(3)12-18)27-20(14)26-19(13-30)16-6-4-5-15(7-16)17-9-23-28(2)11-17/h4-12,19,30H,13H2,1-3H3,(H2,22,25,26,27). The maximum Gasteiger partial charge on any atom is 0.229 e. The fraction of sp³-hybridized carbons (Fsp3) is 0.238. The molecule has 1 atom stereocenters. The van der Waals surface area contributed by atoms with E-state index in [9.17, 15) is 5.11 Å². The Balaban J connectivity index is 1.57. The van der Waals surface area contributed by atoms with Gasteiger partial charge in [0.25, 0.3) is 0 Å². The van der Waals surface area contributed by atoms with Gasteiger partial charge in [0.1, 0.15) is 5.82 Å². The van der Waals surface area contributed by atoms with Crippen LogP contribution < -0.4 is 10.6 Å². The van der Waals surface area contributed by atoms with E-state index in [2.05, 4.69) is 36.9 Å². The van der Waals surface area contributed by atoms with Gasteiger partial charge in [-0.15, -0.1) is 0 Å². The molecule has 4 aromatic rings. The van der Waals surface area contributed by atoms with Crippen molar-refractivity contribution in [3.05, 3.63) is 66.4 Å². The summed E-state index contributed by atoms with van der Waals surface area (Å²) in [7, 11) is 3.74. The Morgan fingerprint density at radius 2 is 1.83 bits per heavy atom. The van der Waals surface area contributed by atoms with E-state index < -0.39 is 0 Å². The van der Waals surface area contributed by atoms with Gasteiger partial charge in [0.15, 0.2) is 0 Å². The molecule has 0 aliphatic rings. The predicted molar refractivity (Wildman–Crippen MR) is 115 cm³/mol. The van der Waals surface area contributed by atoms with Crippen LogP contribution in [0.1, 0.15) is 17.2 Å². The van der Waals surface area contributed by atoms with Gasteiger partial charge in [-0.3, -0.25) is 9.36 Å². The zero-order valence-corrected chi connectivity index (χ0v) is 17.1. The number of aliphatic hydroxyl groups excluding tert-OH is 1. The minimum absolute atomic E-state index is 0.0781. The second kappa shape index (κ2) is 8.34. The summed E-state index contributed by atoms with van der Waals surface area (Å²) in [5, 5.41) is 24.9. The van der Waals surface area contributed by atoms with Crippen LogP contribution in [0.2, 0.25) is 0 Å². The van der Waals surface area contributed by atoms with Crippen LogP contribution in [0, 0.1) is 6.92 Å². The van der Waals surface area contributed by atoms with Crippen molar-refractivity contribution < 1.29 is 5.11 Å². The normalized spacial score (nSPS) is 12.0. The Bertz CT molecular complexity index is 1150. The highest BCUT2D eigenvalue weighted by molar-refractivity contribution is 5.63. The highest BCUT2D eigenvalue weighted by Crippen LogP contribution is 2.26. The summed E-state index contributed by atoms with van der Waals surface area (Å²) >= 11 is 0. The smallest absolute Gasteiger partial charge is 0.229 e. The molecule has 0 spiro atoms. The van der Waals surface area contributed by atoms with Gasteiger partial charge in [-0.05, 0) is 24.1 Å². The van der Waals surface area contributed by atoms with E-state index in [1.165, 1.54) is 0 Å². The molecule has 0 fully saturated rings. The highest BCUT2D eigenvalue weighted by Gasteiger charge is 2.15. The van der Waals surface area contributed by atoms with E-state index in [4.69, 9.17) is 0 Å². The van der Waals surface area contributed by atoms with Gasteiger partial charge in [0.2, 0.25) is 5.95 Å². The van der Waals surface area contributed by atoms with E-state index in [0.29, 0.717) is 11.8 Å². The first-order chi connectivity index (χ1) is 14.5. The third-order valence-electron chi connectivity index (χ3n) is 4.75. The SMILES string of the molecule is Cc1cnc(Nc2cnn(C)c2)nc1NC(CO)c1cccc(-c2cnn(C)c2)c1. The summed E-state index contributed by atoms with van der Waals surface area (Å²) in [4.78, 5) is 8.91. The average molecular weight is 404 g/mol. The van der Waals surface area contributed by atoms with Crippen LogP contribution in [0.5, 0.6) is 0 Å². The molecule has 30 heavy (non-hydrogen) atoms. The van der Waals surface area contributed by atoms with Crippen molar-refractivity contribution in [2.24, 2.45) is 14.1 Å². The predicted octanol–water partition coefficient (Wildman–Crippen LogP) is 2.81. The monoisotopic (exact) mass is 404 g/mol. The largest absolute Gasteiger partial charge is 0.394 e. The summed E-state index contributed by atoms with van der Waals surface area (Å²) < 4.78 is 3.47. The first-order valence-electron chi connectivity index (χ1n) is 9.57. The van der Waals surface area contributed by atoms with E-state index in [1.54, 1.807) is 21.8 Å². The zero-order chi connectivity index (χ0) is 21.1. The molecule has 1 unspecified atom stereocenters. The lowest BCUT2D eigenvalue weighted by atomic mass is 10.0. The second-order valence-corrected chi connectivity index (χ2v) is 7.16. The molecule has 3 heterocycles. The van der Waals surface area contributed by atoms with Crippen LogP contribution in [0.15, 0.2) is 55.2 Å². The summed E-state index contributed by atoms with van der Waals surface area (Å²) in [5.41, 5.74) is 4.71. The van der Waals surface area contributed by atoms with Crippen LogP contribution in [0.3, 0.4) is 0 Å². The molecule has 0 aliphatic carbocycles. The maximum absolute atomic E-state index is 10.1. The van der Waals surface area contributed by atoms with E-state index in [1.807, 2.05) is 57.8 Å². The summed E-state index contributed by atoms with van der Waals surface area (Å²) in [6.07, 6.45) is 9.08. The molecule has 0 aliphatic heterocycles. The van der Waals surface area contributed by atoms with Crippen molar-refractivity contribution in [3.63, 3.8) is 0 Å². The Kier molecular flexibility index (Phi) is 5.44. The minimum Gasteiger partial charge on any atom is -0.394 e. The lowest BCUT2D eigenvalue weighted by molar-refractivity contribution is 0.276. The third-order valence-corrected chi connectivity index (χ3v) is 4.75. The van der Waals surface area contributed by atoms with Gasteiger partial charge < -0.3 is 15.7 Å². The van der Waals surface area contributed by atoms with Crippen molar-refractivity contribution >= 4 is 17.5 Å². The topological polar surface area (TPSA) is 106 Å². The van der Waals surface area contributed by atoms with Gasteiger partial charge in [-0.2, -0.15) is 15.2 Å². The Morgan fingerprint density at radius 1 is 1.03 bits per heavy atom. The molecule has 0 radical (unpaired) electrons. The highest BCUT2D eigenvalue weighted by atomic mass is 16.3. The number of aliphatic hydroxyl groups is 1. The summed E-state index contributed by atoms with van der Waals surface area (Å²) in [6, 6.07) is 7.72. The molecule has 0 bridgehead atoms. The second-order valence-electron chi connectivity index (χ2n) is 7.16. The van der Waals surface area contributed by atoms with Gasteiger partial charge in [-0.25, -0.2) is 4.98 Å². The van der Waals surface area contributed by atoms with Gasteiger partial charge in [0.05, 0.1) is 30.7 Å². The molecule has 9 nitrogen and oxygen atoms in total. The zero-order valence-electron chi connectivity index (χ0n) is 17.1. The molecule has 0 amide bonds. The third kappa shape index (κ3) is 4.31. The number of anilines is 3. The Hall–Kier alpha value is -3.72. The molecular formula is C21H24N8O. The quantitative estimate of drug-likeness (QED) is 0.435. The molecular weight excluding hydrogens is 380 g/mol. The lowest BCUT2D eigenvalue weighted by Gasteiger charge is -2.19. The van der Waals surface area contributed by atoms with Crippen LogP contribution in [0.4, 0.5) is 17.5 Å². The minimum atomic E-state index is -0.318. The first-order valence-corrected chi connectivity index (χ1v) is 9.57. The fourth-order valence-electron chi connectivity index (χ4n) is 3.17. The lowest BCUT2D eigenvalue weighted by Crippen LogP contribution is -2.17. The van der Waals surface area contributed by atoms with Crippen LogP contribution in [-0.2, 0) is 14.1 Å². The van der Waals surface area contributed by atoms with Crippen molar-refractivity contribution in [1.29, 1.82) is 0 Å². The number of nitrogens with one attached hydrogen (secondary N) is 2. The Labute approximate surface area is 174 Å². The molecule has 9 heteroatoms. The molecule has 1 aromatic carbocycles. The van der Waals surface area contributed by atoms with Crippen LogP contribution in [-0.4, -0.2) is 41.2 Å². The molecule has 3 N–H and O–H groups in total. The van der Waals surface area contributed by atoms with Crippen LogP contribution >= 0.6 is 0 Å². The van der Waals surface area contributed by atoms with E-state index in [-0.39, 0.29) is 12.6 Å². The summed E-state index contributed by atoms with van der Waals surface area (Å²) in [6.45, 7) is 1.85. The molecule has 3 aromatic heterocycles. The van der Waals surface area contributed by atoms with Gasteiger partial charge in [0, 0.05) is 43.8 Å². The number of hydrogen-bond acceptors (Lipinski definition) is 7. The van der Waals surface area contributed by atoms with Gasteiger partial charge in [-0.1, -0.05) is 18.2 Å².